The molecule has 0 atom stereocenters. The van der Waals surface area contributed by atoms with Crippen molar-refractivity contribution in [2.45, 2.75) is 18.0 Å². The van der Waals surface area contributed by atoms with Crippen LogP contribution in [0.4, 0.5) is 35.1 Å². The first-order chi connectivity index (χ1) is 8.41. The van der Waals surface area contributed by atoms with Gasteiger partial charge in [0.2, 0.25) is 0 Å². The average molecular weight is 299 g/mol. The van der Waals surface area contributed by atoms with Crippen molar-refractivity contribution in [3.05, 3.63) is 12.0 Å². The Hall–Kier alpha value is -1.39. The van der Waals surface area contributed by atoms with Crippen molar-refractivity contribution >= 4 is 6.34 Å². The molecule has 0 spiro atoms. The topological polar surface area (TPSA) is 27.6 Å². The van der Waals surface area contributed by atoms with E-state index in [9.17, 15) is 35.1 Å². The quantitative estimate of drug-likeness (QED) is 0.366. The van der Waals surface area contributed by atoms with E-state index in [-0.39, 0.29) is 6.20 Å². The SMILES string of the molecule is CN=CN(/C=C(\F)C(F)(F)C(F)(F)C(F)(F)F)NC. The fourth-order valence-electron chi connectivity index (χ4n) is 0.811. The summed E-state index contributed by atoms with van der Waals surface area (Å²) in [7, 11) is 2.21. The zero-order valence-electron chi connectivity index (χ0n) is 9.57. The Morgan fingerprint density at radius 3 is 1.89 bits per heavy atom. The summed E-state index contributed by atoms with van der Waals surface area (Å²) in [5.74, 6) is -15.5. The van der Waals surface area contributed by atoms with Crippen molar-refractivity contribution in [1.82, 2.24) is 10.4 Å². The Morgan fingerprint density at radius 2 is 1.58 bits per heavy atom. The molecule has 0 heterocycles. The van der Waals surface area contributed by atoms with Gasteiger partial charge in [0.1, 0.15) is 6.34 Å². The molecular formula is C8H9F8N3. The van der Waals surface area contributed by atoms with Crippen molar-refractivity contribution < 1.29 is 35.1 Å². The van der Waals surface area contributed by atoms with E-state index in [2.05, 4.69) is 4.99 Å². The second-order valence-electron chi connectivity index (χ2n) is 3.13. The molecule has 0 aromatic carbocycles. The normalized spacial score (nSPS) is 15.2. The number of nitrogens with one attached hydrogen (secondary N) is 1. The van der Waals surface area contributed by atoms with E-state index >= 15 is 0 Å². The third-order valence-electron chi connectivity index (χ3n) is 1.80. The van der Waals surface area contributed by atoms with E-state index in [0.29, 0.717) is 11.3 Å². The number of halogens is 8. The van der Waals surface area contributed by atoms with Gasteiger partial charge in [-0.1, -0.05) is 0 Å². The number of alkyl halides is 7. The summed E-state index contributed by atoms with van der Waals surface area (Å²) < 4.78 is 98.9. The van der Waals surface area contributed by atoms with E-state index in [1.54, 1.807) is 0 Å². The number of allylic oxidation sites excluding steroid dienone is 1. The number of hydrogen-bond acceptors (Lipinski definition) is 2. The Bertz CT molecular complexity index is 359. The fourth-order valence-corrected chi connectivity index (χ4v) is 0.811. The fraction of sp³-hybridized carbons (Fsp3) is 0.625. The summed E-state index contributed by atoms with van der Waals surface area (Å²) in [6.07, 6.45) is -6.18. The first-order valence-electron chi connectivity index (χ1n) is 4.50. The zero-order chi connectivity index (χ0) is 15.5. The minimum Gasteiger partial charge on any atom is -0.277 e. The van der Waals surface area contributed by atoms with Crippen molar-refractivity contribution in [3.8, 4) is 0 Å². The number of aliphatic imine (C=N–C) groups is 1. The molecule has 0 aliphatic heterocycles. The van der Waals surface area contributed by atoms with Gasteiger partial charge in [0.05, 0.1) is 6.20 Å². The van der Waals surface area contributed by atoms with Crippen LogP contribution in [-0.4, -0.2) is 43.5 Å². The molecular weight excluding hydrogens is 290 g/mol. The van der Waals surface area contributed by atoms with E-state index < -0.39 is 23.8 Å². The lowest BCUT2D eigenvalue weighted by molar-refractivity contribution is -0.347. The van der Waals surface area contributed by atoms with Gasteiger partial charge in [-0.25, -0.2) is 9.82 Å². The molecule has 11 heteroatoms. The molecule has 19 heavy (non-hydrogen) atoms. The molecule has 0 aliphatic carbocycles. The van der Waals surface area contributed by atoms with Gasteiger partial charge in [0, 0.05) is 14.1 Å². The minimum absolute atomic E-state index is 0.271. The first-order valence-corrected chi connectivity index (χ1v) is 4.50. The van der Waals surface area contributed by atoms with Crippen LogP contribution in [0.2, 0.25) is 0 Å². The molecule has 0 rings (SSSR count). The van der Waals surface area contributed by atoms with Crippen LogP contribution in [0.1, 0.15) is 0 Å². The van der Waals surface area contributed by atoms with Crippen LogP contribution in [0.3, 0.4) is 0 Å². The smallest absolute Gasteiger partial charge is 0.277 e. The molecule has 0 bridgehead atoms. The molecule has 0 aromatic heterocycles. The highest BCUT2D eigenvalue weighted by molar-refractivity contribution is 5.55. The van der Waals surface area contributed by atoms with Gasteiger partial charge in [0.25, 0.3) is 0 Å². The number of hydrogen-bond donors (Lipinski definition) is 1. The molecule has 1 N–H and O–H groups in total. The van der Waals surface area contributed by atoms with Crippen LogP contribution in [0.25, 0.3) is 0 Å². The summed E-state index contributed by atoms with van der Waals surface area (Å²) in [5.41, 5.74) is 2.00. The number of hydrazine groups is 1. The minimum atomic E-state index is -6.59. The molecule has 0 radical (unpaired) electrons. The third kappa shape index (κ3) is 3.55. The summed E-state index contributed by atoms with van der Waals surface area (Å²) >= 11 is 0. The Morgan fingerprint density at radius 1 is 1.11 bits per heavy atom. The van der Waals surface area contributed by atoms with Crippen molar-refractivity contribution in [1.29, 1.82) is 0 Å². The molecule has 3 nitrogen and oxygen atoms in total. The lowest BCUT2D eigenvalue weighted by Crippen LogP contribution is -2.52. The van der Waals surface area contributed by atoms with Gasteiger partial charge < -0.3 is 0 Å². The van der Waals surface area contributed by atoms with Gasteiger partial charge in [-0.15, -0.1) is 0 Å². The number of nitrogens with zero attached hydrogens (tertiary/aromatic N) is 2. The molecule has 0 unspecified atom stereocenters. The van der Waals surface area contributed by atoms with E-state index in [4.69, 9.17) is 0 Å². The Kier molecular flexibility index (Phi) is 5.30. The van der Waals surface area contributed by atoms with Crippen LogP contribution in [-0.2, 0) is 0 Å². The second kappa shape index (κ2) is 5.72. The Balaban J connectivity index is 5.47. The van der Waals surface area contributed by atoms with Gasteiger partial charge >= 0.3 is 18.0 Å². The largest absolute Gasteiger partial charge is 0.460 e. The first kappa shape index (κ1) is 17.6. The zero-order valence-corrected chi connectivity index (χ0v) is 9.57. The molecule has 0 saturated heterocycles. The van der Waals surface area contributed by atoms with Crippen molar-refractivity contribution in [3.63, 3.8) is 0 Å². The van der Waals surface area contributed by atoms with Crippen LogP contribution in [0, 0.1) is 0 Å². The Labute approximate surface area is 102 Å². The summed E-state index contributed by atoms with van der Waals surface area (Å²) in [6, 6.07) is 0. The molecule has 0 aromatic rings. The predicted octanol–water partition coefficient (Wildman–Crippen LogP) is 2.72. The summed E-state index contributed by atoms with van der Waals surface area (Å²) in [6.45, 7) is 0. The highest BCUT2D eigenvalue weighted by atomic mass is 19.4. The van der Waals surface area contributed by atoms with Crippen LogP contribution < -0.4 is 5.43 Å². The maximum Gasteiger partial charge on any atom is 0.460 e. The average Bonchev–Trinajstić information content (AvgIpc) is 2.26. The highest BCUT2D eigenvalue weighted by Gasteiger charge is 2.75. The summed E-state index contributed by atoms with van der Waals surface area (Å²) in [4.78, 5) is 3.23. The van der Waals surface area contributed by atoms with Gasteiger partial charge in [-0.3, -0.25) is 10.0 Å². The third-order valence-corrected chi connectivity index (χ3v) is 1.80. The van der Waals surface area contributed by atoms with E-state index in [0.717, 1.165) is 14.1 Å². The lowest BCUT2D eigenvalue weighted by atomic mass is 10.1. The van der Waals surface area contributed by atoms with Gasteiger partial charge in [-0.05, 0) is 0 Å². The molecule has 0 aliphatic rings. The molecule has 112 valence electrons. The molecule has 0 fully saturated rings. The van der Waals surface area contributed by atoms with Crippen molar-refractivity contribution in [2.24, 2.45) is 4.99 Å². The van der Waals surface area contributed by atoms with Crippen molar-refractivity contribution in [2.75, 3.05) is 14.1 Å². The second-order valence-corrected chi connectivity index (χ2v) is 3.13. The van der Waals surface area contributed by atoms with E-state index in [1.807, 2.05) is 5.43 Å². The predicted molar refractivity (Wildman–Crippen MR) is 50.5 cm³/mol. The van der Waals surface area contributed by atoms with Crippen LogP contribution >= 0.6 is 0 Å². The van der Waals surface area contributed by atoms with Gasteiger partial charge in [-0.2, -0.15) is 30.7 Å². The summed E-state index contributed by atoms with van der Waals surface area (Å²) in [5, 5.41) is 0.343. The molecule has 0 saturated carbocycles. The maximum atomic E-state index is 13.0. The monoisotopic (exact) mass is 299 g/mol. The van der Waals surface area contributed by atoms with Gasteiger partial charge in [0.15, 0.2) is 5.83 Å². The maximum absolute atomic E-state index is 13.0. The molecule has 0 amide bonds. The number of rotatable bonds is 5. The van der Waals surface area contributed by atoms with Crippen LogP contribution in [0.5, 0.6) is 0 Å². The van der Waals surface area contributed by atoms with Crippen LogP contribution in [0.15, 0.2) is 17.0 Å². The lowest BCUT2D eigenvalue weighted by Gasteiger charge is -2.27. The standard InChI is InChI=1S/C8H9F8N3/c1-17-4-19(18-2)3-5(9)6(10,11)7(12,13)8(14,15)16/h3-4,18H,1-2H3/b5-3-,17-4?. The van der Waals surface area contributed by atoms with E-state index in [1.165, 1.54) is 0 Å². The highest BCUT2D eigenvalue weighted by Crippen LogP contribution is 2.49.